The summed E-state index contributed by atoms with van der Waals surface area (Å²) in [5, 5.41) is 23.3. The molecule has 7 nitrogen and oxygen atoms in total. The summed E-state index contributed by atoms with van der Waals surface area (Å²) in [5.74, 6) is 0.626. The van der Waals surface area contributed by atoms with E-state index in [9.17, 15) is 15.2 Å². The number of aryl methyl sites for hydroxylation is 1. The summed E-state index contributed by atoms with van der Waals surface area (Å²) in [6.07, 6.45) is 4.71. The Morgan fingerprint density at radius 3 is 2.63 bits per heavy atom. The molecule has 0 radical (unpaired) electrons. The lowest BCUT2D eigenvalue weighted by atomic mass is 9.88. The number of carbonyl (C=O) groups excluding carboxylic acids is 1. The predicted octanol–water partition coefficient (Wildman–Crippen LogP) is 3.78. The van der Waals surface area contributed by atoms with Crippen molar-refractivity contribution in [2.24, 2.45) is 5.92 Å². The minimum Gasteiger partial charge on any atom is -0.488 e. The topological polar surface area (TPSA) is 104 Å². The molecule has 0 saturated heterocycles. The van der Waals surface area contributed by atoms with E-state index in [2.05, 4.69) is 48.4 Å². The maximum atomic E-state index is 11.6. The van der Waals surface area contributed by atoms with Crippen molar-refractivity contribution < 1.29 is 19.4 Å². The molecule has 1 aromatic heterocycles. The number of fused-ring (bicyclic) bond motifs is 1. The van der Waals surface area contributed by atoms with Gasteiger partial charge < -0.3 is 19.9 Å². The van der Waals surface area contributed by atoms with Crippen LogP contribution in [0.5, 0.6) is 5.75 Å². The number of hydrogen-bond acceptors (Lipinski definition) is 7. The highest BCUT2D eigenvalue weighted by Crippen LogP contribution is 2.31. The number of halogens is 1. The highest BCUT2D eigenvalue weighted by Gasteiger charge is 2.28. The highest BCUT2D eigenvalue weighted by atomic mass is 35.5. The maximum absolute atomic E-state index is 11.6. The fourth-order valence-electron chi connectivity index (χ4n) is 4.52. The Balaban J connectivity index is 0.00000432. The number of pyridine rings is 1. The second-order valence-corrected chi connectivity index (χ2v) is 9.58. The maximum Gasteiger partial charge on any atom is 0.306 e. The van der Waals surface area contributed by atoms with Crippen LogP contribution in [0.25, 0.3) is 0 Å². The number of β-amino-alcohol motifs (C(OH)–C–C–N with tert-alkyl or cyclic N) is 1. The first-order chi connectivity index (χ1) is 16.3. The number of aliphatic hydroxyl groups is 1. The van der Waals surface area contributed by atoms with Crippen molar-refractivity contribution in [3.8, 4) is 11.8 Å². The third kappa shape index (κ3) is 8.81. The van der Waals surface area contributed by atoms with Crippen LogP contribution in [0, 0.1) is 17.2 Å². The molecular formula is C27H36ClN3O4. The number of esters is 1. The molecule has 190 valence electrons. The molecule has 1 unspecified atom stereocenters. The number of aromatic nitrogens is 1. The van der Waals surface area contributed by atoms with E-state index in [1.165, 1.54) is 11.1 Å². The summed E-state index contributed by atoms with van der Waals surface area (Å²) in [4.78, 5) is 15.7. The lowest BCUT2D eigenvalue weighted by Crippen LogP contribution is -2.46. The van der Waals surface area contributed by atoms with Gasteiger partial charge in [0.2, 0.25) is 0 Å². The molecule has 8 heteroatoms. The molecular weight excluding hydrogens is 466 g/mol. The lowest BCUT2D eigenvalue weighted by molar-refractivity contribution is -0.143. The number of aliphatic hydroxyl groups excluding tert-OH is 1. The molecule has 3 rings (SSSR count). The summed E-state index contributed by atoms with van der Waals surface area (Å²) in [6, 6.07) is 12.3. The first-order valence-corrected chi connectivity index (χ1v) is 12.0. The number of rotatable bonds is 12. The third-order valence-electron chi connectivity index (χ3n) is 6.12. The first kappa shape index (κ1) is 28.6. The Hall–Kier alpha value is -2.66. The van der Waals surface area contributed by atoms with Gasteiger partial charge in [-0.25, -0.2) is 4.98 Å². The fourth-order valence-corrected chi connectivity index (χ4v) is 4.52. The molecule has 1 heterocycles. The standard InChI is InChI=1S/C27H35N3O4.ClH/c1-4-33-26(32)10-9-19-13-25(24(15-28)29-16-19)34-18-23(31)17-30-27(2,3)14-20-11-21-7-5-6-8-22(21)12-20;/h5-8,13,16,20,23,30-31H,4,9-12,14,17-18H2,1-3H3;1H. The van der Waals surface area contributed by atoms with Crippen molar-refractivity contribution in [3.05, 3.63) is 58.9 Å². The second kappa shape index (κ2) is 13.4. The largest absolute Gasteiger partial charge is 0.488 e. The molecule has 2 N–H and O–H groups in total. The summed E-state index contributed by atoms with van der Waals surface area (Å²) in [7, 11) is 0. The number of nitrogens with one attached hydrogen (secondary N) is 1. The molecule has 0 spiro atoms. The number of ether oxygens (including phenoxy) is 2. The number of nitrogens with zero attached hydrogens (tertiary/aromatic N) is 2. The van der Waals surface area contributed by atoms with Gasteiger partial charge in [0.05, 0.1) is 6.61 Å². The summed E-state index contributed by atoms with van der Waals surface area (Å²) in [5.41, 5.74) is 3.70. The fraction of sp³-hybridized carbons (Fsp3) is 0.519. The second-order valence-electron chi connectivity index (χ2n) is 9.58. The molecule has 0 aliphatic heterocycles. The smallest absolute Gasteiger partial charge is 0.306 e. The van der Waals surface area contributed by atoms with E-state index in [4.69, 9.17) is 9.47 Å². The first-order valence-electron chi connectivity index (χ1n) is 12.0. The van der Waals surface area contributed by atoms with E-state index in [0.717, 1.165) is 24.8 Å². The van der Waals surface area contributed by atoms with Crippen LogP contribution in [0.1, 0.15) is 56.0 Å². The Bertz CT molecular complexity index is 997. The van der Waals surface area contributed by atoms with E-state index in [0.29, 0.717) is 31.2 Å². The quantitative estimate of drug-likeness (QED) is 0.426. The van der Waals surface area contributed by atoms with Gasteiger partial charge in [0.1, 0.15) is 18.8 Å². The van der Waals surface area contributed by atoms with E-state index < -0.39 is 6.10 Å². The van der Waals surface area contributed by atoms with Crippen molar-refractivity contribution in [1.82, 2.24) is 10.3 Å². The Morgan fingerprint density at radius 1 is 1.31 bits per heavy atom. The van der Waals surface area contributed by atoms with Crippen molar-refractivity contribution in [2.75, 3.05) is 19.8 Å². The zero-order chi connectivity index (χ0) is 24.6. The molecule has 2 aromatic rings. The van der Waals surface area contributed by atoms with Crippen LogP contribution in [0.2, 0.25) is 0 Å². The molecule has 35 heavy (non-hydrogen) atoms. The van der Waals surface area contributed by atoms with Gasteiger partial charge >= 0.3 is 5.97 Å². The Labute approximate surface area is 214 Å². The molecule has 1 aliphatic rings. The van der Waals surface area contributed by atoms with E-state index in [-0.39, 0.29) is 42.6 Å². The van der Waals surface area contributed by atoms with Crippen LogP contribution in [0.3, 0.4) is 0 Å². The zero-order valence-corrected chi connectivity index (χ0v) is 21.6. The van der Waals surface area contributed by atoms with Crippen molar-refractivity contribution >= 4 is 18.4 Å². The monoisotopic (exact) mass is 501 g/mol. The van der Waals surface area contributed by atoms with Gasteiger partial charge in [-0.3, -0.25) is 4.79 Å². The summed E-state index contributed by atoms with van der Waals surface area (Å²) >= 11 is 0. The van der Waals surface area contributed by atoms with Gasteiger partial charge in [-0.05, 0) is 75.1 Å². The van der Waals surface area contributed by atoms with Gasteiger partial charge in [-0.15, -0.1) is 12.4 Å². The van der Waals surface area contributed by atoms with Gasteiger partial charge in [0.25, 0.3) is 0 Å². The lowest BCUT2D eigenvalue weighted by Gasteiger charge is -2.30. The molecule has 0 saturated carbocycles. The molecule has 1 aliphatic carbocycles. The van der Waals surface area contributed by atoms with Crippen LogP contribution in [0.4, 0.5) is 0 Å². The Morgan fingerprint density at radius 2 is 2.00 bits per heavy atom. The number of benzene rings is 1. The summed E-state index contributed by atoms with van der Waals surface area (Å²) in [6.45, 7) is 6.85. The minimum absolute atomic E-state index is 0. The average molecular weight is 502 g/mol. The number of nitriles is 1. The van der Waals surface area contributed by atoms with Crippen LogP contribution < -0.4 is 10.1 Å². The van der Waals surface area contributed by atoms with Gasteiger partial charge in [0, 0.05) is 24.7 Å². The zero-order valence-electron chi connectivity index (χ0n) is 20.8. The number of carbonyl (C=O) groups is 1. The van der Waals surface area contributed by atoms with Crippen LogP contribution in [-0.2, 0) is 28.8 Å². The normalized spacial score (nSPS) is 13.9. The van der Waals surface area contributed by atoms with Gasteiger partial charge in [-0.2, -0.15) is 5.26 Å². The molecule has 0 fully saturated rings. The SMILES string of the molecule is CCOC(=O)CCc1cnc(C#N)c(OCC(O)CNC(C)(C)CC2Cc3ccccc3C2)c1.Cl. The van der Waals surface area contributed by atoms with Crippen molar-refractivity contribution in [1.29, 1.82) is 5.26 Å². The van der Waals surface area contributed by atoms with Gasteiger partial charge in [0.15, 0.2) is 11.4 Å². The molecule has 0 amide bonds. The summed E-state index contributed by atoms with van der Waals surface area (Å²) < 4.78 is 10.7. The minimum atomic E-state index is -0.741. The molecule has 1 atom stereocenters. The van der Waals surface area contributed by atoms with E-state index >= 15 is 0 Å². The predicted molar refractivity (Wildman–Crippen MR) is 137 cm³/mol. The molecule has 1 aromatic carbocycles. The van der Waals surface area contributed by atoms with E-state index in [1.54, 1.807) is 19.2 Å². The van der Waals surface area contributed by atoms with Gasteiger partial charge in [-0.1, -0.05) is 24.3 Å². The van der Waals surface area contributed by atoms with Crippen LogP contribution in [0.15, 0.2) is 36.5 Å². The third-order valence-corrected chi connectivity index (χ3v) is 6.12. The van der Waals surface area contributed by atoms with Crippen molar-refractivity contribution in [2.45, 2.75) is 64.5 Å². The molecule has 0 bridgehead atoms. The van der Waals surface area contributed by atoms with Crippen LogP contribution in [-0.4, -0.2) is 47.5 Å². The highest BCUT2D eigenvalue weighted by molar-refractivity contribution is 5.85. The van der Waals surface area contributed by atoms with Crippen molar-refractivity contribution in [3.63, 3.8) is 0 Å². The van der Waals surface area contributed by atoms with Crippen LogP contribution >= 0.6 is 12.4 Å². The Kier molecular flexibility index (Phi) is 11.0. The number of hydrogen-bond donors (Lipinski definition) is 2. The van der Waals surface area contributed by atoms with E-state index in [1.807, 2.05) is 6.07 Å². The average Bonchev–Trinajstić information content (AvgIpc) is 3.22.